The van der Waals surface area contributed by atoms with Gasteiger partial charge >= 0.3 is 0 Å². The number of nitrogens with one attached hydrogen (secondary N) is 1. The van der Waals surface area contributed by atoms with Gasteiger partial charge in [0.05, 0.1) is 6.42 Å². The van der Waals surface area contributed by atoms with Crippen molar-refractivity contribution in [3.05, 3.63) is 70.5 Å². The predicted molar refractivity (Wildman–Crippen MR) is 85.5 cm³/mol. The lowest BCUT2D eigenvalue weighted by Gasteiger charge is -2.17. The quantitative estimate of drug-likeness (QED) is 0.891. The molecule has 2 aromatic carbocycles. The molecule has 114 valence electrons. The zero-order valence-corrected chi connectivity index (χ0v) is 12.9. The van der Waals surface area contributed by atoms with Crippen LogP contribution >= 0.6 is 11.6 Å². The van der Waals surface area contributed by atoms with E-state index in [0.29, 0.717) is 6.54 Å². The van der Waals surface area contributed by atoms with E-state index in [9.17, 15) is 9.18 Å². The van der Waals surface area contributed by atoms with Gasteiger partial charge in [-0.05, 0) is 48.2 Å². The van der Waals surface area contributed by atoms with Crippen molar-refractivity contribution in [2.45, 2.75) is 24.7 Å². The zero-order valence-electron chi connectivity index (χ0n) is 12.1. The lowest BCUT2D eigenvalue weighted by molar-refractivity contribution is -0.120. The molecule has 1 saturated carbocycles. The van der Waals surface area contributed by atoms with Gasteiger partial charge in [0.2, 0.25) is 5.91 Å². The van der Waals surface area contributed by atoms with Gasteiger partial charge in [-0.2, -0.15) is 0 Å². The van der Waals surface area contributed by atoms with Crippen molar-refractivity contribution in [1.29, 1.82) is 0 Å². The molecule has 1 amide bonds. The van der Waals surface area contributed by atoms with Crippen molar-refractivity contribution >= 4 is 17.5 Å². The van der Waals surface area contributed by atoms with E-state index in [2.05, 4.69) is 5.32 Å². The highest BCUT2D eigenvalue weighted by Crippen LogP contribution is 2.47. The summed E-state index contributed by atoms with van der Waals surface area (Å²) >= 11 is 5.91. The molecule has 0 spiro atoms. The number of benzene rings is 2. The van der Waals surface area contributed by atoms with E-state index in [-0.39, 0.29) is 23.6 Å². The molecule has 0 unspecified atom stereocenters. The monoisotopic (exact) mass is 317 g/mol. The Kier molecular flexibility index (Phi) is 4.16. The maximum atomic E-state index is 12.8. The van der Waals surface area contributed by atoms with Crippen LogP contribution in [0.1, 0.15) is 24.0 Å². The van der Waals surface area contributed by atoms with Gasteiger partial charge in [0.25, 0.3) is 0 Å². The number of hydrogen-bond acceptors (Lipinski definition) is 1. The molecule has 0 heterocycles. The van der Waals surface area contributed by atoms with Crippen molar-refractivity contribution in [2.75, 3.05) is 6.54 Å². The summed E-state index contributed by atoms with van der Waals surface area (Å²) in [5.74, 6) is -0.323. The summed E-state index contributed by atoms with van der Waals surface area (Å²) in [7, 11) is 0. The summed E-state index contributed by atoms with van der Waals surface area (Å²) in [5, 5.41) is 3.72. The summed E-state index contributed by atoms with van der Waals surface area (Å²) in [6, 6.07) is 13.9. The molecule has 2 aromatic rings. The van der Waals surface area contributed by atoms with E-state index < -0.39 is 0 Å². The summed E-state index contributed by atoms with van der Waals surface area (Å²) in [4.78, 5) is 12.0. The van der Waals surface area contributed by atoms with E-state index >= 15 is 0 Å². The fraction of sp³-hybridized carbons (Fsp3) is 0.278. The van der Waals surface area contributed by atoms with Gasteiger partial charge in [0.1, 0.15) is 5.82 Å². The molecular weight excluding hydrogens is 301 g/mol. The Bertz CT molecular complexity index is 662. The van der Waals surface area contributed by atoms with Crippen LogP contribution in [-0.4, -0.2) is 12.5 Å². The van der Waals surface area contributed by atoms with Crippen LogP contribution in [0.4, 0.5) is 4.39 Å². The van der Waals surface area contributed by atoms with Crippen LogP contribution < -0.4 is 5.32 Å². The second kappa shape index (κ2) is 6.09. The van der Waals surface area contributed by atoms with Crippen LogP contribution in [0.15, 0.2) is 48.5 Å². The van der Waals surface area contributed by atoms with Crippen LogP contribution in [0, 0.1) is 5.82 Å². The highest BCUT2D eigenvalue weighted by molar-refractivity contribution is 6.30. The summed E-state index contributed by atoms with van der Waals surface area (Å²) in [5.41, 5.74) is 2.09. The van der Waals surface area contributed by atoms with Crippen molar-refractivity contribution < 1.29 is 9.18 Å². The van der Waals surface area contributed by atoms with Gasteiger partial charge in [-0.1, -0.05) is 35.9 Å². The number of carbonyl (C=O) groups excluding carboxylic acids is 1. The summed E-state index contributed by atoms with van der Waals surface area (Å²) in [6.07, 6.45) is 2.42. The van der Waals surface area contributed by atoms with E-state index in [1.807, 2.05) is 24.3 Å². The molecule has 0 radical (unpaired) electrons. The van der Waals surface area contributed by atoms with Crippen molar-refractivity contribution in [1.82, 2.24) is 5.32 Å². The highest BCUT2D eigenvalue weighted by Gasteiger charge is 2.44. The fourth-order valence-electron chi connectivity index (χ4n) is 2.64. The minimum atomic E-state index is -0.288. The van der Waals surface area contributed by atoms with Gasteiger partial charge in [-0.15, -0.1) is 0 Å². The molecule has 0 aromatic heterocycles. The molecule has 0 bridgehead atoms. The predicted octanol–water partition coefficient (Wildman–Crippen LogP) is 3.87. The SMILES string of the molecule is O=C(Cc1ccc(F)cc1)NCC1(c2ccc(Cl)cc2)CC1. The first-order valence-electron chi connectivity index (χ1n) is 7.35. The highest BCUT2D eigenvalue weighted by atomic mass is 35.5. The largest absolute Gasteiger partial charge is 0.355 e. The molecule has 3 rings (SSSR count). The van der Waals surface area contributed by atoms with Crippen LogP contribution in [0.5, 0.6) is 0 Å². The number of amides is 1. The summed E-state index contributed by atoms with van der Waals surface area (Å²) < 4.78 is 12.8. The van der Waals surface area contributed by atoms with Crippen molar-refractivity contribution in [3.63, 3.8) is 0 Å². The smallest absolute Gasteiger partial charge is 0.224 e. The van der Waals surface area contributed by atoms with Crippen LogP contribution in [0.2, 0.25) is 5.02 Å². The first kappa shape index (κ1) is 15.0. The molecule has 1 aliphatic carbocycles. The average Bonchev–Trinajstić information content (AvgIpc) is 3.30. The molecule has 1 fully saturated rings. The normalized spacial score (nSPS) is 15.4. The molecule has 4 heteroatoms. The number of rotatable bonds is 5. The molecule has 0 saturated heterocycles. The van der Waals surface area contributed by atoms with E-state index in [1.165, 1.54) is 17.7 Å². The van der Waals surface area contributed by atoms with Crippen LogP contribution in [0.25, 0.3) is 0 Å². The van der Waals surface area contributed by atoms with Crippen molar-refractivity contribution in [2.24, 2.45) is 0 Å². The topological polar surface area (TPSA) is 29.1 Å². The third-order valence-electron chi connectivity index (χ3n) is 4.21. The zero-order chi connectivity index (χ0) is 15.6. The van der Waals surface area contributed by atoms with Gasteiger partial charge in [0, 0.05) is 17.0 Å². The Morgan fingerprint density at radius 1 is 1.09 bits per heavy atom. The number of halogens is 2. The summed E-state index contributed by atoms with van der Waals surface area (Å²) in [6.45, 7) is 0.634. The van der Waals surface area contributed by atoms with E-state index in [0.717, 1.165) is 23.4 Å². The molecule has 2 nitrogen and oxygen atoms in total. The van der Waals surface area contributed by atoms with Gasteiger partial charge in [-0.25, -0.2) is 4.39 Å². The first-order chi connectivity index (χ1) is 10.6. The second-order valence-electron chi connectivity index (χ2n) is 5.87. The Morgan fingerprint density at radius 2 is 1.73 bits per heavy atom. The maximum Gasteiger partial charge on any atom is 0.224 e. The Labute approximate surface area is 134 Å². The molecular formula is C18H17ClFNO. The molecule has 0 atom stereocenters. The van der Waals surface area contributed by atoms with Crippen molar-refractivity contribution in [3.8, 4) is 0 Å². The first-order valence-corrected chi connectivity index (χ1v) is 7.72. The van der Waals surface area contributed by atoms with E-state index in [1.54, 1.807) is 12.1 Å². The third-order valence-corrected chi connectivity index (χ3v) is 4.46. The fourth-order valence-corrected chi connectivity index (χ4v) is 2.77. The average molecular weight is 318 g/mol. The Balaban J connectivity index is 1.56. The van der Waals surface area contributed by atoms with Crippen LogP contribution in [-0.2, 0) is 16.6 Å². The Hall–Kier alpha value is -1.87. The van der Waals surface area contributed by atoms with Crippen LogP contribution in [0.3, 0.4) is 0 Å². The molecule has 1 aliphatic rings. The minimum absolute atomic E-state index is 0.0353. The van der Waals surface area contributed by atoms with Gasteiger partial charge in [0.15, 0.2) is 0 Å². The maximum absolute atomic E-state index is 12.8. The lowest BCUT2D eigenvalue weighted by atomic mass is 9.96. The molecule has 0 aliphatic heterocycles. The minimum Gasteiger partial charge on any atom is -0.355 e. The molecule has 1 N–H and O–H groups in total. The van der Waals surface area contributed by atoms with E-state index in [4.69, 9.17) is 11.6 Å². The number of hydrogen-bond donors (Lipinski definition) is 1. The van der Waals surface area contributed by atoms with Gasteiger partial charge in [-0.3, -0.25) is 4.79 Å². The Morgan fingerprint density at radius 3 is 2.32 bits per heavy atom. The van der Waals surface area contributed by atoms with Gasteiger partial charge < -0.3 is 5.32 Å². The second-order valence-corrected chi connectivity index (χ2v) is 6.30. The lowest BCUT2D eigenvalue weighted by Crippen LogP contribution is -2.33. The third kappa shape index (κ3) is 3.47. The standard InChI is InChI=1S/C18H17ClFNO/c19-15-5-3-14(4-6-15)18(9-10-18)12-21-17(22)11-13-1-7-16(20)8-2-13/h1-8H,9-12H2,(H,21,22). The molecule has 22 heavy (non-hydrogen) atoms. The number of carbonyl (C=O) groups is 1.